The molecule has 94 valence electrons. The third kappa shape index (κ3) is 4.81. The minimum atomic E-state index is -0.195. The van der Waals surface area contributed by atoms with Gasteiger partial charge >= 0.3 is 0 Å². The van der Waals surface area contributed by atoms with Crippen molar-refractivity contribution in [1.29, 1.82) is 5.26 Å². The summed E-state index contributed by atoms with van der Waals surface area (Å²) < 4.78 is 5.27. The van der Waals surface area contributed by atoms with Crippen LogP contribution in [0.1, 0.15) is 22.3 Å². The van der Waals surface area contributed by atoms with Crippen LogP contribution >= 0.6 is 0 Å². The molecule has 0 atom stereocenters. The highest BCUT2D eigenvalue weighted by molar-refractivity contribution is 5.94. The van der Waals surface area contributed by atoms with Gasteiger partial charge in [-0.1, -0.05) is 12.1 Å². The highest BCUT2D eigenvalue weighted by Gasteiger charge is 2.04. The van der Waals surface area contributed by atoms with E-state index >= 15 is 0 Å². The molecule has 0 aliphatic carbocycles. The fourth-order valence-electron chi connectivity index (χ4n) is 1.34. The van der Waals surface area contributed by atoms with Gasteiger partial charge in [0.25, 0.3) is 5.91 Å². The zero-order valence-corrected chi connectivity index (χ0v) is 10.2. The van der Waals surface area contributed by atoms with Crippen LogP contribution in [0.5, 0.6) is 0 Å². The van der Waals surface area contributed by atoms with Crippen LogP contribution in [-0.4, -0.2) is 25.7 Å². The molecule has 1 rings (SSSR count). The molecular weight excluding hydrogens is 228 g/mol. The van der Waals surface area contributed by atoms with Crippen LogP contribution in [0.2, 0.25) is 0 Å². The molecule has 1 N–H and O–H groups in total. The summed E-state index contributed by atoms with van der Waals surface area (Å²) in [6, 6.07) is 8.59. The van der Waals surface area contributed by atoms with E-state index in [1.54, 1.807) is 30.3 Å². The van der Waals surface area contributed by atoms with E-state index in [0.29, 0.717) is 30.9 Å². The topological polar surface area (TPSA) is 62.1 Å². The lowest BCUT2D eigenvalue weighted by Crippen LogP contribution is -2.27. The largest absolute Gasteiger partial charge is 0.379 e. The van der Waals surface area contributed by atoms with E-state index in [0.717, 1.165) is 6.42 Å². The molecule has 0 radical (unpaired) electrons. The Kier molecular flexibility index (Phi) is 6.23. The lowest BCUT2D eigenvalue weighted by Gasteiger charge is -2.06. The van der Waals surface area contributed by atoms with Gasteiger partial charge in [0.05, 0.1) is 24.8 Å². The van der Waals surface area contributed by atoms with E-state index in [9.17, 15) is 4.79 Å². The molecule has 4 heteroatoms. The number of benzene rings is 1. The van der Waals surface area contributed by atoms with Crippen molar-refractivity contribution in [2.75, 3.05) is 19.8 Å². The Morgan fingerprint density at radius 1 is 1.50 bits per heavy atom. The van der Waals surface area contributed by atoms with Gasteiger partial charge in [-0.05, 0) is 24.6 Å². The van der Waals surface area contributed by atoms with E-state index in [2.05, 4.69) is 11.9 Å². The molecule has 0 aromatic heterocycles. The van der Waals surface area contributed by atoms with Crippen molar-refractivity contribution >= 4 is 5.91 Å². The zero-order valence-electron chi connectivity index (χ0n) is 10.2. The van der Waals surface area contributed by atoms with Crippen LogP contribution < -0.4 is 5.32 Å². The van der Waals surface area contributed by atoms with Crippen molar-refractivity contribution in [3.8, 4) is 6.07 Å². The number of nitrogens with one attached hydrogen (secondary N) is 1. The van der Waals surface area contributed by atoms with Crippen molar-refractivity contribution in [2.45, 2.75) is 6.42 Å². The number of rotatable bonds is 7. The van der Waals surface area contributed by atoms with Crippen molar-refractivity contribution in [2.24, 2.45) is 0 Å². The fraction of sp³-hybridized carbons (Fsp3) is 0.286. The SMILES string of the molecule is C=CCCOCCNC(=O)c1cccc(C#N)c1. The number of carbonyl (C=O) groups is 1. The van der Waals surface area contributed by atoms with Crippen molar-refractivity contribution in [3.05, 3.63) is 48.0 Å². The maximum Gasteiger partial charge on any atom is 0.251 e. The van der Waals surface area contributed by atoms with Crippen LogP contribution in [0.25, 0.3) is 0 Å². The molecule has 0 aliphatic heterocycles. The van der Waals surface area contributed by atoms with E-state index in [1.165, 1.54) is 0 Å². The normalized spacial score (nSPS) is 9.50. The summed E-state index contributed by atoms with van der Waals surface area (Å²) in [5.41, 5.74) is 0.963. The first-order chi connectivity index (χ1) is 8.77. The standard InChI is InChI=1S/C14H16N2O2/c1-2-3-8-18-9-7-16-14(17)13-6-4-5-12(10-13)11-15/h2,4-6,10H,1,3,7-9H2,(H,16,17). The summed E-state index contributed by atoms with van der Waals surface area (Å²) in [7, 11) is 0. The average molecular weight is 244 g/mol. The average Bonchev–Trinajstić information content (AvgIpc) is 2.42. The summed E-state index contributed by atoms with van der Waals surface area (Å²) >= 11 is 0. The van der Waals surface area contributed by atoms with Crippen LogP contribution in [0.4, 0.5) is 0 Å². The number of carbonyl (C=O) groups excluding carboxylic acids is 1. The van der Waals surface area contributed by atoms with Crippen LogP contribution in [0.15, 0.2) is 36.9 Å². The molecule has 4 nitrogen and oxygen atoms in total. The number of nitrogens with zero attached hydrogens (tertiary/aromatic N) is 1. The van der Waals surface area contributed by atoms with Crippen LogP contribution in [-0.2, 0) is 4.74 Å². The van der Waals surface area contributed by atoms with E-state index in [-0.39, 0.29) is 5.91 Å². The molecular formula is C14H16N2O2. The van der Waals surface area contributed by atoms with Gasteiger partial charge in [-0.15, -0.1) is 6.58 Å². The van der Waals surface area contributed by atoms with E-state index in [1.807, 2.05) is 6.07 Å². The molecule has 0 saturated carbocycles. The Labute approximate surface area is 107 Å². The molecule has 0 saturated heterocycles. The summed E-state index contributed by atoms with van der Waals surface area (Å²) in [5, 5.41) is 11.5. The highest BCUT2D eigenvalue weighted by atomic mass is 16.5. The minimum absolute atomic E-state index is 0.195. The summed E-state index contributed by atoms with van der Waals surface area (Å²) in [4.78, 5) is 11.7. The van der Waals surface area contributed by atoms with Crippen molar-refractivity contribution in [1.82, 2.24) is 5.32 Å². The van der Waals surface area contributed by atoms with Crippen LogP contribution in [0.3, 0.4) is 0 Å². The van der Waals surface area contributed by atoms with Gasteiger partial charge in [0.2, 0.25) is 0 Å². The molecule has 0 spiro atoms. The Morgan fingerprint density at radius 3 is 3.06 bits per heavy atom. The van der Waals surface area contributed by atoms with Gasteiger partial charge in [0.1, 0.15) is 0 Å². The second kappa shape index (κ2) is 8.04. The maximum atomic E-state index is 11.7. The Balaban J connectivity index is 2.32. The molecule has 1 amide bonds. The summed E-state index contributed by atoms with van der Waals surface area (Å²) in [6.07, 6.45) is 2.59. The first kappa shape index (κ1) is 13.9. The second-order valence-electron chi connectivity index (χ2n) is 3.64. The lowest BCUT2D eigenvalue weighted by atomic mass is 10.1. The maximum absolute atomic E-state index is 11.7. The number of ether oxygens (including phenoxy) is 1. The first-order valence-corrected chi connectivity index (χ1v) is 5.75. The predicted octanol–water partition coefficient (Wildman–Crippen LogP) is 1.88. The zero-order chi connectivity index (χ0) is 13.2. The van der Waals surface area contributed by atoms with Crippen molar-refractivity contribution < 1.29 is 9.53 Å². The van der Waals surface area contributed by atoms with Crippen molar-refractivity contribution in [3.63, 3.8) is 0 Å². The molecule has 0 fully saturated rings. The first-order valence-electron chi connectivity index (χ1n) is 5.75. The molecule has 18 heavy (non-hydrogen) atoms. The smallest absolute Gasteiger partial charge is 0.251 e. The Hall–Kier alpha value is -2.12. The van der Waals surface area contributed by atoms with Gasteiger partial charge in [0, 0.05) is 12.1 Å². The lowest BCUT2D eigenvalue weighted by molar-refractivity contribution is 0.0918. The van der Waals surface area contributed by atoms with E-state index < -0.39 is 0 Å². The predicted molar refractivity (Wildman–Crippen MR) is 69.1 cm³/mol. The van der Waals surface area contributed by atoms with E-state index in [4.69, 9.17) is 10.00 Å². The number of hydrogen-bond acceptors (Lipinski definition) is 3. The quantitative estimate of drug-likeness (QED) is 0.588. The third-order valence-corrected chi connectivity index (χ3v) is 2.25. The minimum Gasteiger partial charge on any atom is -0.379 e. The summed E-state index contributed by atoms with van der Waals surface area (Å²) in [6.45, 7) is 5.12. The number of hydrogen-bond donors (Lipinski definition) is 1. The molecule has 0 unspecified atom stereocenters. The Bertz CT molecular complexity index is 449. The molecule has 0 aliphatic rings. The highest BCUT2D eigenvalue weighted by Crippen LogP contribution is 2.03. The van der Waals surface area contributed by atoms with Gasteiger partial charge in [-0.3, -0.25) is 4.79 Å². The third-order valence-electron chi connectivity index (χ3n) is 2.25. The number of nitriles is 1. The number of amides is 1. The van der Waals surface area contributed by atoms with Crippen LogP contribution in [0, 0.1) is 11.3 Å². The van der Waals surface area contributed by atoms with Gasteiger partial charge in [-0.2, -0.15) is 5.26 Å². The van der Waals surface area contributed by atoms with Gasteiger partial charge in [0.15, 0.2) is 0 Å². The molecule has 1 aromatic rings. The fourth-order valence-corrected chi connectivity index (χ4v) is 1.34. The Morgan fingerprint density at radius 2 is 2.33 bits per heavy atom. The monoisotopic (exact) mass is 244 g/mol. The molecule has 1 aromatic carbocycles. The molecule has 0 bridgehead atoms. The van der Waals surface area contributed by atoms with Gasteiger partial charge in [-0.25, -0.2) is 0 Å². The summed E-state index contributed by atoms with van der Waals surface area (Å²) in [5.74, 6) is -0.195. The second-order valence-corrected chi connectivity index (χ2v) is 3.64. The van der Waals surface area contributed by atoms with Gasteiger partial charge < -0.3 is 10.1 Å². The molecule has 0 heterocycles.